The number of thiocarbonyl (C=S) groups is 1. The molecule has 3 aromatic rings. The van der Waals surface area contributed by atoms with Gasteiger partial charge in [-0.05, 0) is 60.2 Å². The van der Waals surface area contributed by atoms with Crippen LogP contribution in [0.15, 0.2) is 71.6 Å². The maximum atomic E-state index is 13.0. The van der Waals surface area contributed by atoms with E-state index in [9.17, 15) is 22.2 Å². The molecule has 0 bridgehead atoms. The fraction of sp³-hybridized carbons (Fsp3) is 0.0909. The first kappa shape index (κ1) is 22.7. The average Bonchev–Trinajstić information content (AvgIpc) is 2.77. The molecule has 4 rings (SSSR count). The van der Waals surface area contributed by atoms with E-state index in [2.05, 4.69) is 10.6 Å². The zero-order chi connectivity index (χ0) is 23.8. The minimum Gasteiger partial charge on any atom is -0.397 e. The average molecular weight is 491 g/mol. The molecule has 1 aliphatic rings. The highest BCUT2D eigenvalue weighted by molar-refractivity contribution is 7.87. The number of rotatable bonds is 4. The maximum absolute atomic E-state index is 13.0. The fourth-order valence-electron chi connectivity index (χ4n) is 3.19. The fourth-order valence-corrected chi connectivity index (χ4v) is 4.75. The zero-order valence-electron chi connectivity index (χ0n) is 16.8. The molecule has 1 unspecified atom stereocenters. The van der Waals surface area contributed by atoms with Crippen molar-refractivity contribution in [2.45, 2.75) is 17.6 Å². The number of alkyl halides is 3. The van der Waals surface area contributed by atoms with Crippen LogP contribution in [-0.4, -0.2) is 19.5 Å². The first-order valence-electron chi connectivity index (χ1n) is 9.60. The maximum Gasteiger partial charge on any atom is 0.416 e. The van der Waals surface area contributed by atoms with Gasteiger partial charge in [-0.15, -0.1) is 0 Å². The molecule has 0 fully saturated rings. The van der Waals surface area contributed by atoms with E-state index in [4.69, 9.17) is 18.0 Å². The summed E-state index contributed by atoms with van der Waals surface area (Å²) in [5.74, 6) is -0.340. The predicted molar refractivity (Wildman–Crippen MR) is 125 cm³/mol. The summed E-state index contributed by atoms with van der Waals surface area (Å²) in [6.45, 7) is 0.131. The molecule has 1 aliphatic heterocycles. The SMILES string of the molecule is Nc1ccccc1NC(=O)c1ccc(CN2C(=S)Nc3cc(C(F)(F)F)ccc3S2=O)cc1. The van der Waals surface area contributed by atoms with Gasteiger partial charge in [-0.1, -0.05) is 24.3 Å². The number of amides is 1. The molecule has 11 heteroatoms. The monoisotopic (exact) mass is 490 g/mol. The summed E-state index contributed by atoms with van der Waals surface area (Å²) in [4.78, 5) is 12.7. The zero-order valence-corrected chi connectivity index (χ0v) is 18.5. The molecule has 4 N–H and O–H groups in total. The van der Waals surface area contributed by atoms with Crippen LogP contribution in [0.3, 0.4) is 0 Å². The number of fused-ring (bicyclic) bond motifs is 1. The van der Waals surface area contributed by atoms with E-state index in [0.717, 1.165) is 12.1 Å². The number of carbonyl (C=O) groups is 1. The molecular formula is C22H17F3N4O2S2. The summed E-state index contributed by atoms with van der Waals surface area (Å²) in [6, 6.07) is 16.4. The quantitative estimate of drug-likeness (QED) is 0.362. The molecule has 0 spiro atoms. The van der Waals surface area contributed by atoms with Gasteiger partial charge in [-0.3, -0.25) is 9.10 Å². The van der Waals surface area contributed by atoms with Crippen LogP contribution in [0, 0.1) is 0 Å². The smallest absolute Gasteiger partial charge is 0.397 e. The number of nitrogens with one attached hydrogen (secondary N) is 2. The van der Waals surface area contributed by atoms with Crippen molar-refractivity contribution in [2.75, 3.05) is 16.4 Å². The summed E-state index contributed by atoms with van der Waals surface area (Å²) in [6.07, 6.45) is -4.52. The van der Waals surface area contributed by atoms with Gasteiger partial charge in [0, 0.05) is 5.56 Å². The van der Waals surface area contributed by atoms with E-state index in [-0.39, 0.29) is 28.1 Å². The first-order valence-corrected chi connectivity index (χ1v) is 11.1. The number of nitrogen functional groups attached to an aromatic ring is 1. The highest BCUT2D eigenvalue weighted by atomic mass is 32.2. The molecule has 33 heavy (non-hydrogen) atoms. The Morgan fingerprint density at radius 3 is 2.45 bits per heavy atom. The second-order valence-electron chi connectivity index (χ2n) is 7.16. The molecule has 0 radical (unpaired) electrons. The van der Waals surface area contributed by atoms with Crippen molar-refractivity contribution in [3.05, 3.63) is 83.4 Å². The number of hydrogen-bond donors (Lipinski definition) is 3. The normalized spacial score (nSPS) is 15.5. The Hall–Kier alpha value is -3.44. The Morgan fingerprint density at radius 2 is 1.79 bits per heavy atom. The highest BCUT2D eigenvalue weighted by Crippen LogP contribution is 2.35. The van der Waals surface area contributed by atoms with Gasteiger partial charge in [0.2, 0.25) is 0 Å². The molecule has 0 aliphatic carbocycles. The summed E-state index contributed by atoms with van der Waals surface area (Å²) in [5.41, 5.74) is 7.10. The van der Waals surface area contributed by atoms with Crippen molar-refractivity contribution in [3.63, 3.8) is 0 Å². The lowest BCUT2D eigenvalue weighted by atomic mass is 10.1. The summed E-state index contributed by atoms with van der Waals surface area (Å²) in [5, 5.41) is 5.50. The van der Waals surface area contributed by atoms with E-state index in [1.54, 1.807) is 48.5 Å². The third-order valence-corrected chi connectivity index (χ3v) is 6.80. The van der Waals surface area contributed by atoms with Crippen molar-refractivity contribution in [3.8, 4) is 0 Å². The number of hydrogen-bond acceptors (Lipinski definition) is 4. The second-order valence-corrected chi connectivity index (χ2v) is 8.93. The molecule has 0 aromatic heterocycles. The summed E-state index contributed by atoms with van der Waals surface area (Å²) in [7, 11) is -1.79. The molecule has 1 heterocycles. The number of benzene rings is 3. The van der Waals surface area contributed by atoms with Gasteiger partial charge in [0.1, 0.15) is 0 Å². The van der Waals surface area contributed by atoms with Gasteiger partial charge < -0.3 is 16.4 Å². The molecule has 0 saturated heterocycles. The van der Waals surface area contributed by atoms with Crippen LogP contribution in [0.2, 0.25) is 0 Å². The van der Waals surface area contributed by atoms with Crippen LogP contribution >= 0.6 is 12.2 Å². The van der Waals surface area contributed by atoms with Gasteiger partial charge in [0.15, 0.2) is 16.1 Å². The predicted octanol–water partition coefficient (Wildman–Crippen LogP) is 4.78. The van der Waals surface area contributed by atoms with E-state index in [1.807, 2.05) is 0 Å². The number of halogens is 3. The highest BCUT2D eigenvalue weighted by Gasteiger charge is 2.34. The molecule has 6 nitrogen and oxygen atoms in total. The van der Waals surface area contributed by atoms with Crippen LogP contribution in [0.5, 0.6) is 0 Å². The number of nitrogens with two attached hydrogens (primary N) is 1. The number of anilines is 3. The van der Waals surface area contributed by atoms with Gasteiger partial charge in [-0.2, -0.15) is 13.2 Å². The standard InChI is InChI=1S/C22H17F3N4O2S2/c23-22(24,25)15-9-10-19-18(11-15)28-21(32)29(33(19)31)12-13-5-7-14(8-6-13)20(30)27-17-4-2-1-3-16(17)26/h1-11H,12,26H2,(H,27,30)(H,28,32). The van der Waals surface area contributed by atoms with E-state index >= 15 is 0 Å². The minimum absolute atomic E-state index is 0.0431. The Labute approximate surface area is 195 Å². The number of nitrogens with zero attached hydrogens (tertiary/aromatic N) is 1. The van der Waals surface area contributed by atoms with E-state index in [1.165, 1.54) is 10.4 Å². The van der Waals surface area contributed by atoms with Crippen LogP contribution in [-0.2, 0) is 23.7 Å². The Morgan fingerprint density at radius 1 is 1.09 bits per heavy atom. The van der Waals surface area contributed by atoms with Crippen molar-refractivity contribution in [2.24, 2.45) is 0 Å². The number of carbonyl (C=O) groups excluding carboxylic acids is 1. The molecule has 3 aromatic carbocycles. The van der Waals surface area contributed by atoms with Gasteiger partial charge in [-0.25, -0.2) is 4.21 Å². The van der Waals surface area contributed by atoms with Crippen LogP contribution in [0.4, 0.5) is 30.2 Å². The Kier molecular flexibility index (Phi) is 6.09. The van der Waals surface area contributed by atoms with Gasteiger partial charge in [0.25, 0.3) is 5.91 Å². The van der Waals surface area contributed by atoms with Crippen LogP contribution < -0.4 is 16.4 Å². The molecule has 0 saturated carbocycles. The van der Waals surface area contributed by atoms with Crippen molar-refractivity contribution in [1.82, 2.24) is 4.31 Å². The summed E-state index contributed by atoms with van der Waals surface area (Å²) >= 11 is 5.23. The molecule has 1 amide bonds. The Balaban J connectivity index is 1.48. The number of para-hydroxylation sites is 2. The van der Waals surface area contributed by atoms with Gasteiger partial charge >= 0.3 is 6.18 Å². The van der Waals surface area contributed by atoms with Crippen LogP contribution in [0.25, 0.3) is 0 Å². The van der Waals surface area contributed by atoms with Crippen molar-refractivity contribution in [1.29, 1.82) is 0 Å². The lowest BCUT2D eigenvalue weighted by molar-refractivity contribution is -0.137. The van der Waals surface area contributed by atoms with Crippen molar-refractivity contribution >= 4 is 51.3 Å². The van der Waals surface area contributed by atoms with Crippen LogP contribution in [0.1, 0.15) is 21.5 Å². The third kappa shape index (κ3) is 4.83. The third-order valence-electron chi connectivity index (χ3n) is 4.91. The Bertz CT molecular complexity index is 1260. The van der Waals surface area contributed by atoms with E-state index in [0.29, 0.717) is 22.5 Å². The van der Waals surface area contributed by atoms with E-state index < -0.39 is 22.7 Å². The largest absolute Gasteiger partial charge is 0.416 e. The lowest BCUT2D eigenvalue weighted by Crippen LogP contribution is -2.40. The first-order chi connectivity index (χ1) is 15.6. The summed E-state index contributed by atoms with van der Waals surface area (Å²) < 4.78 is 53.2. The van der Waals surface area contributed by atoms with Gasteiger partial charge in [0.05, 0.1) is 34.1 Å². The molecule has 1 atom stereocenters. The lowest BCUT2D eigenvalue weighted by Gasteiger charge is -2.30. The topological polar surface area (TPSA) is 87.5 Å². The minimum atomic E-state index is -4.52. The molecular weight excluding hydrogens is 473 g/mol. The van der Waals surface area contributed by atoms with Crippen molar-refractivity contribution < 1.29 is 22.2 Å². The molecule has 170 valence electrons. The second kappa shape index (κ2) is 8.83.